The maximum absolute atomic E-state index is 12.4. The van der Waals surface area contributed by atoms with Gasteiger partial charge in [-0.2, -0.15) is 0 Å². The standard InChI is InChI=1S/C18H18N2O3S/c1-20(11-12-6-2-4-8-14(12)21)17(22)10-16-18(23)19-13-7-3-5-9-15(13)24-16/h2-9,16,21H,10-11H2,1H3,(H,19,23). The fourth-order valence-electron chi connectivity index (χ4n) is 2.53. The molecule has 2 amide bonds. The first-order valence-corrected chi connectivity index (χ1v) is 8.50. The molecule has 0 bridgehead atoms. The van der Waals surface area contributed by atoms with Crippen molar-refractivity contribution in [3.05, 3.63) is 54.1 Å². The highest BCUT2D eigenvalue weighted by Crippen LogP contribution is 2.36. The summed E-state index contributed by atoms with van der Waals surface area (Å²) in [6.45, 7) is 0.307. The van der Waals surface area contributed by atoms with E-state index in [-0.39, 0.29) is 24.0 Å². The third kappa shape index (κ3) is 3.54. The number of fused-ring (bicyclic) bond motifs is 1. The van der Waals surface area contributed by atoms with Crippen LogP contribution in [0.2, 0.25) is 0 Å². The average molecular weight is 342 g/mol. The lowest BCUT2D eigenvalue weighted by Gasteiger charge is -2.25. The Morgan fingerprint density at radius 3 is 2.71 bits per heavy atom. The zero-order valence-electron chi connectivity index (χ0n) is 13.2. The quantitative estimate of drug-likeness (QED) is 0.896. The molecular formula is C18H18N2O3S. The summed E-state index contributed by atoms with van der Waals surface area (Å²) in [5, 5.41) is 12.2. The van der Waals surface area contributed by atoms with Crippen molar-refractivity contribution in [2.24, 2.45) is 0 Å². The number of aromatic hydroxyl groups is 1. The minimum absolute atomic E-state index is 0.120. The van der Waals surface area contributed by atoms with Gasteiger partial charge < -0.3 is 15.3 Å². The second-order valence-electron chi connectivity index (χ2n) is 5.67. The maximum Gasteiger partial charge on any atom is 0.238 e. The van der Waals surface area contributed by atoms with Gasteiger partial charge in [0.15, 0.2) is 0 Å². The van der Waals surface area contributed by atoms with E-state index in [9.17, 15) is 14.7 Å². The van der Waals surface area contributed by atoms with E-state index in [0.29, 0.717) is 12.1 Å². The summed E-state index contributed by atoms with van der Waals surface area (Å²) in [6.07, 6.45) is 0.120. The van der Waals surface area contributed by atoms with Gasteiger partial charge in [-0.1, -0.05) is 30.3 Å². The number of carbonyl (C=O) groups excluding carboxylic acids is 2. The van der Waals surface area contributed by atoms with Gasteiger partial charge in [0.2, 0.25) is 11.8 Å². The topological polar surface area (TPSA) is 69.6 Å². The number of amides is 2. The molecule has 0 fully saturated rings. The molecule has 1 atom stereocenters. The number of anilines is 1. The van der Waals surface area contributed by atoms with Crippen molar-refractivity contribution in [3.8, 4) is 5.75 Å². The fraction of sp³-hybridized carbons (Fsp3) is 0.222. The first-order valence-electron chi connectivity index (χ1n) is 7.62. The third-order valence-electron chi connectivity index (χ3n) is 3.89. The van der Waals surface area contributed by atoms with Crippen molar-refractivity contribution < 1.29 is 14.7 Å². The van der Waals surface area contributed by atoms with Gasteiger partial charge in [-0.15, -0.1) is 11.8 Å². The lowest BCUT2D eigenvalue weighted by molar-refractivity contribution is -0.131. The predicted molar refractivity (Wildman–Crippen MR) is 93.9 cm³/mol. The molecule has 0 saturated heterocycles. The smallest absolute Gasteiger partial charge is 0.238 e. The van der Waals surface area contributed by atoms with E-state index in [1.807, 2.05) is 30.3 Å². The first-order chi connectivity index (χ1) is 11.5. The molecule has 3 rings (SSSR count). The molecule has 1 aliphatic rings. The molecule has 0 saturated carbocycles. The molecule has 1 aliphatic heterocycles. The van der Waals surface area contributed by atoms with Crippen LogP contribution in [0.1, 0.15) is 12.0 Å². The van der Waals surface area contributed by atoms with Crippen LogP contribution in [0, 0.1) is 0 Å². The highest BCUT2D eigenvalue weighted by atomic mass is 32.2. The number of benzene rings is 2. The molecule has 1 heterocycles. The molecule has 1 unspecified atom stereocenters. The second kappa shape index (κ2) is 6.97. The van der Waals surface area contributed by atoms with Crippen molar-refractivity contribution in [1.82, 2.24) is 4.90 Å². The highest BCUT2D eigenvalue weighted by Gasteiger charge is 2.29. The third-order valence-corrected chi connectivity index (χ3v) is 5.17. The van der Waals surface area contributed by atoms with Crippen LogP contribution in [0.3, 0.4) is 0 Å². The number of phenols is 1. The van der Waals surface area contributed by atoms with Crippen LogP contribution in [0.5, 0.6) is 5.75 Å². The summed E-state index contributed by atoms with van der Waals surface area (Å²) in [5.41, 5.74) is 1.47. The summed E-state index contributed by atoms with van der Waals surface area (Å²) in [7, 11) is 1.67. The van der Waals surface area contributed by atoms with E-state index in [4.69, 9.17) is 0 Å². The SMILES string of the molecule is CN(Cc1ccccc1O)C(=O)CC1Sc2ccccc2NC1=O. The van der Waals surface area contributed by atoms with Gasteiger partial charge in [0.25, 0.3) is 0 Å². The normalized spacial score (nSPS) is 16.2. The van der Waals surface area contributed by atoms with E-state index in [0.717, 1.165) is 10.6 Å². The number of carbonyl (C=O) groups is 2. The van der Waals surface area contributed by atoms with E-state index in [2.05, 4.69) is 5.32 Å². The molecule has 24 heavy (non-hydrogen) atoms. The van der Waals surface area contributed by atoms with Gasteiger partial charge in [0.1, 0.15) is 5.75 Å². The van der Waals surface area contributed by atoms with Crippen LogP contribution in [-0.2, 0) is 16.1 Å². The van der Waals surface area contributed by atoms with E-state index in [1.165, 1.54) is 16.7 Å². The van der Waals surface area contributed by atoms with E-state index >= 15 is 0 Å². The number of hydrogen-bond acceptors (Lipinski definition) is 4. The predicted octanol–water partition coefficient (Wildman–Crippen LogP) is 2.85. The Kier molecular flexibility index (Phi) is 4.76. The highest BCUT2D eigenvalue weighted by molar-refractivity contribution is 8.01. The largest absolute Gasteiger partial charge is 0.508 e. The number of nitrogens with zero attached hydrogens (tertiary/aromatic N) is 1. The minimum Gasteiger partial charge on any atom is -0.508 e. The summed E-state index contributed by atoms with van der Waals surface area (Å²) in [4.78, 5) is 27.1. The van der Waals surface area contributed by atoms with Crippen LogP contribution >= 0.6 is 11.8 Å². The zero-order chi connectivity index (χ0) is 17.1. The Morgan fingerprint density at radius 2 is 1.92 bits per heavy atom. The number of rotatable bonds is 4. The Hall–Kier alpha value is -2.47. The Labute approximate surface area is 144 Å². The second-order valence-corrected chi connectivity index (χ2v) is 6.92. The Bertz CT molecular complexity index is 778. The van der Waals surface area contributed by atoms with Gasteiger partial charge in [-0.05, 0) is 18.2 Å². The number of thioether (sulfide) groups is 1. The molecule has 0 radical (unpaired) electrons. The maximum atomic E-state index is 12.4. The van der Waals surface area contributed by atoms with E-state index in [1.54, 1.807) is 25.2 Å². The van der Waals surface area contributed by atoms with Crippen LogP contribution in [0.4, 0.5) is 5.69 Å². The van der Waals surface area contributed by atoms with Crippen molar-refractivity contribution in [1.29, 1.82) is 0 Å². The van der Waals surface area contributed by atoms with E-state index < -0.39 is 5.25 Å². The van der Waals surface area contributed by atoms with Crippen LogP contribution < -0.4 is 5.32 Å². The van der Waals surface area contributed by atoms with Gasteiger partial charge >= 0.3 is 0 Å². The van der Waals surface area contributed by atoms with Crippen molar-refractivity contribution >= 4 is 29.3 Å². The molecule has 124 valence electrons. The lowest BCUT2D eigenvalue weighted by Crippen LogP contribution is -2.35. The molecule has 0 spiro atoms. The molecule has 2 aromatic carbocycles. The number of para-hydroxylation sites is 2. The summed E-state index contributed by atoms with van der Waals surface area (Å²) in [6, 6.07) is 14.5. The van der Waals surface area contributed by atoms with Crippen LogP contribution in [0.25, 0.3) is 0 Å². The summed E-state index contributed by atoms with van der Waals surface area (Å²) in [5.74, 6) is -0.121. The number of nitrogens with one attached hydrogen (secondary N) is 1. The fourth-order valence-corrected chi connectivity index (χ4v) is 3.63. The van der Waals surface area contributed by atoms with Gasteiger partial charge in [0.05, 0.1) is 10.9 Å². The van der Waals surface area contributed by atoms with Crippen molar-refractivity contribution in [2.75, 3.05) is 12.4 Å². The van der Waals surface area contributed by atoms with Crippen molar-refractivity contribution in [3.63, 3.8) is 0 Å². The number of phenolic OH excluding ortho intramolecular Hbond substituents is 1. The molecular weight excluding hydrogens is 324 g/mol. The summed E-state index contributed by atoms with van der Waals surface area (Å²) >= 11 is 1.41. The van der Waals surface area contributed by atoms with Crippen LogP contribution in [0.15, 0.2) is 53.4 Å². The van der Waals surface area contributed by atoms with Crippen molar-refractivity contribution in [2.45, 2.75) is 23.1 Å². The molecule has 0 aromatic heterocycles. The monoisotopic (exact) mass is 342 g/mol. The molecule has 0 aliphatic carbocycles. The molecule has 6 heteroatoms. The lowest BCUT2D eigenvalue weighted by atomic mass is 10.1. The van der Waals surface area contributed by atoms with Gasteiger partial charge in [-0.25, -0.2) is 0 Å². The van der Waals surface area contributed by atoms with Crippen LogP contribution in [-0.4, -0.2) is 34.1 Å². The Morgan fingerprint density at radius 1 is 1.21 bits per heavy atom. The molecule has 5 nitrogen and oxygen atoms in total. The molecule has 2 N–H and O–H groups in total. The minimum atomic E-state index is -0.445. The van der Waals surface area contributed by atoms with Gasteiger partial charge in [0, 0.05) is 30.5 Å². The summed E-state index contributed by atoms with van der Waals surface area (Å²) < 4.78 is 0. The average Bonchev–Trinajstić information content (AvgIpc) is 2.57. The van der Waals surface area contributed by atoms with Gasteiger partial charge in [-0.3, -0.25) is 9.59 Å². The first kappa shape index (κ1) is 16.4. The number of hydrogen-bond donors (Lipinski definition) is 2. The zero-order valence-corrected chi connectivity index (χ0v) is 14.0. The molecule has 2 aromatic rings. The Balaban J connectivity index is 1.64.